The van der Waals surface area contributed by atoms with Gasteiger partial charge in [-0.05, 0) is 17.5 Å². The second-order valence-corrected chi connectivity index (χ2v) is 14.3. The molecule has 0 bridgehead atoms. The van der Waals surface area contributed by atoms with Crippen LogP contribution in [-0.2, 0) is 27.0 Å². The van der Waals surface area contributed by atoms with E-state index in [1.165, 1.54) is 11.2 Å². The first-order valence-electron chi connectivity index (χ1n) is 10.1. The van der Waals surface area contributed by atoms with Gasteiger partial charge < -0.3 is 14.9 Å². The predicted octanol–water partition coefficient (Wildman–Crippen LogP) is 2.76. The molecule has 7 nitrogen and oxygen atoms in total. The third kappa shape index (κ3) is 5.83. The molecule has 2 N–H and O–H groups in total. The summed E-state index contributed by atoms with van der Waals surface area (Å²) >= 11 is 0. The molecule has 1 amide bonds. The van der Waals surface area contributed by atoms with Crippen LogP contribution in [-0.4, -0.2) is 66.8 Å². The molecule has 0 aromatic heterocycles. The molecule has 1 fully saturated rings. The number of aliphatic hydroxyl groups excluding tert-OH is 2. The molecule has 1 heterocycles. The van der Waals surface area contributed by atoms with Gasteiger partial charge in [0.15, 0.2) is 9.46 Å². The maximum atomic E-state index is 12.9. The second-order valence-electron chi connectivity index (χ2n) is 7.63. The number of benzene rings is 2. The highest BCUT2D eigenvalue weighted by atomic mass is 32.8. The van der Waals surface area contributed by atoms with Crippen LogP contribution >= 0.6 is 7.12 Å². The number of amides is 1. The molecule has 2 aromatic carbocycles. The Labute approximate surface area is 184 Å². The van der Waals surface area contributed by atoms with E-state index in [1.54, 1.807) is 0 Å². The van der Waals surface area contributed by atoms with E-state index in [9.17, 15) is 23.4 Å². The summed E-state index contributed by atoms with van der Waals surface area (Å²) in [4.78, 5) is 14.2. The van der Waals surface area contributed by atoms with Crippen LogP contribution in [0.2, 0.25) is 0 Å². The number of carbonyl (C=O) groups is 1. The largest absolute Gasteiger partial charge is 0.445 e. The summed E-state index contributed by atoms with van der Waals surface area (Å²) in [6.45, 7) is -0.668. The van der Waals surface area contributed by atoms with Crippen LogP contribution < -0.4 is 0 Å². The van der Waals surface area contributed by atoms with E-state index < -0.39 is 47.0 Å². The van der Waals surface area contributed by atoms with Crippen molar-refractivity contribution in [3.63, 3.8) is 0 Å². The van der Waals surface area contributed by atoms with Crippen LogP contribution in [0.4, 0.5) is 4.79 Å². The van der Waals surface area contributed by atoms with Gasteiger partial charge in [0.05, 0.1) is 25.3 Å². The highest BCUT2D eigenvalue weighted by Gasteiger charge is 2.49. The van der Waals surface area contributed by atoms with Gasteiger partial charge in [0.1, 0.15) is 6.61 Å². The molecule has 2 aromatic rings. The molecular formula is C22H28NO6PS. The van der Waals surface area contributed by atoms with E-state index in [0.717, 1.165) is 11.1 Å². The summed E-state index contributed by atoms with van der Waals surface area (Å²) in [5.41, 5.74) is 1.24. The monoisotopic (exact) mass is 465 g/mol. The van der Waals surface area contributed by atoms with Crippen molar-refractivity contribution in [2.24, 2.45) is 0 Å². The van der Waals surface area contributed by atoms with E-state index in [1.807, 2.05) is 60.7 Å². The van der Waals surface area contributed by atoms with Gasteiger partial charge in [-0.3, -0.25) is 4.90 Å². The van der Waals surface area contributed by atoms with Crippen LogP contribution in [0.3, 0.4) is 0 Å². The Bertz CT molecular complexity index is 956. The fraction of sp³-hybridized carbons (Fsp3) is 0.409. The second kappa shape index (κ2) is 10.6. The van der Waals surface area contributed by atoms with Gasteiger partial charge in [0, 0.05) is 25.2 Å². The number of rotatable bonds is 8. The molecule has 0 spiro atoms. The molecule has 2 unspecified atom stereocenters. The third-order valence-electron chi connectivity index (χ3n) is 5.50. The van der Waals surface area contributed by atoms with E-state index in [2.05, 4.69) is 0 Å². The zero-order valence-corrected chi connectivity index (χ0v) is 19.1. The fourth-order valence-electron chi connectivity index (χ4n) is 4.01. The number of carbonyl (C=O) groups excluding carboxylic acids is 1. The van der Waals surface area contributed by atoms with E-state index in [-0.39, 0.29) is 13.2 Å². The van der Waals surface area contributed by atoms with Crippen molar-refractivity contribution in [2.75, 3.05) is 19.5 Å². The molecule has 168 valence electrons. The maximum absolute atomic E-state index is 12.9. The van der Waals surface area contributed by atoms with E-state index in [4.69, 9.17) is 4.74 Å². The number of hydrogen-bond acceptors (Lipinski definition) is 6. The number of aliphatic hydroxyl groups is 2. The number of ether oxygens (including phenoxy) is 1. The van der Waals surface area contributed by atoms with Crippen molar-refractivity contribution in [2.45, 2.75) is 36.9 Å². The molecule has 0 saturated carbocycles. The van der Waals surface area contributed by atoms with Crippen molar-refractivity contribution in [1.29, 1.82) is 0 Å². The van der Waals surface area contributed by atoms with Crippen LogP contribution in [0, 0.1) is 0 Å². The number of likely N-dealkylation sites (tertiary alicyclic amines) is 1. The Morgan fingerprint density at radius 1 is 1.03 bits per heavy atom. The highest BCUT2D eigenvalue weighted by Crippen LogP contribution is 2.56. The van der Waals surface area contributed by atoms with Gasteiger partial charge in [-0.15, -0.1) is 0 Å². The van der Waals surface area contributed by atoms with Crippen molar-refractivity contribution in [3.05, 3.63) is 71.8 Å². The lowest BCUT2D eigenvalue weighted by molar-refractivity contribution is 0.0531. The standard InChI is InChI=1S/C22H28NO6PS/c1-31(27,28)30(16-18-10-6-3-7-11-18)21-12-19(13-24)23(20(21)14-25)22(26)29-15-17-8-4-2-5-9-17/h2-11,19-21,24-25H,12-16H2,1H3/t19?,20-,21+,30?/m1/s1. The average Bonchev–Trinajstić information content (AvgIpc) is 3.14. The lowest BCUT2D eigenvalue weighted by Gasteiger charge is -2.31. The predicted molar refractivity (Wildman–Crippen MR) is 121 cm³/mol. The zero-order valence-electron chi connectivity index (χ0n) is 17.4. The summed E-state index contributed by atoms with van der Waals surface area (Å²) in [6.07, 6.45) is 1.18. The molecule has 0 radical (unpaired) electrons. The minimum atomic E-state index is -3.43. The molecule has 4 atom stereocenters. The summed E-state index contributed by atoms with van der Waals surface area (Å²) < 4.78 is 30.9. The molecule has 1 saturated heterocycles. The summed E-state index contributed by atoms with van der Waals surface area (Å²) in [6, 6.07) is 17.2. The number of nitrogens with zero attached hydrogens (tertiary/aromatic N) is 1. The maximum Gasteiger partial charge on any atom is 0.410 e. The Kier molecular flexibility index (Phi) is 8.06. The quantitative estimate of drug-likeness (QED) is 0.581. The first kappa shape index (κ1) is 23.7. The molecule has 31 heavy (non-hydrogen) atoms. The molecule has 1 aliphatic heterocycles. The van der Waals surface area contributed by atoms with Gasteiger partial charge >= 0.3 is 6.09 Å². The highest BCUT2D eigenvalue weighted by molar-refractivity contribution is 8.49. The summed E-state index contributed by atoms with van der Waals surface area (Å²) in [7, 11) is -5.04. The lowest BCUT2D eigenvalue weighted by atomic mass is 10.2. The molecule has 1 aliphatic rings. The Morgan fingerprint density at radius 2 is 1.61 bits per heavy atom. The smallest absolute Gasteiger partial charge is 0.410 e. The van der Waals surface area contributed by atoms with Crippen LogP contribution in [0.1, 0.15) is 17.5 Å². The Balaban J connectivity index is 1.82. The number of hydrogen-bond donors (Lipinski definition) is 2. The van der Waals surface area contributed by atoms with E-state index >= 15 is 0 Å². The first-order valence-corrected chi connectivity index (χ1v) is 14.2. The fourth-order valence-corrected chi connectivity index (χ4v) is 9.95. The van der Waals surface area contributed by atoms with Gasteiger partial charge in [0.2, 0.25) is 0 Å². The van der Waals surface area contributed by atoms with Crippen molar-refractivity contribution < 1.29 is 28.2 Å². The van der Waals surface area contributed by atoms with Gasteiger partial charge in [-0.2, -0.15) is 0 Å². The van der Waals surface area contributed by atoms with Crippen molar-refractivity contribution in [1.82, 2.24) is 4.90 Å². The van der Waals surface area contributed by atoms with Crippen LogP contribution in [0.25, 0.3) is 0 Å². The normalized spacial score (nSPS) is 22.3. The lowest BCUT2D eigenvalue weighted by Crippen LogP contribution is -2.46. The minimum absolute atomic E-state index is 0.0575. The third-order valence-corrected chi connectivity index (χ3v) is 12.1. The summed E-state index contributed by atoms with van der Waals surface area (Å²) in [5, 5.41) is 20.0. The van der Waals surface area contributed by atoms with Gasteiger partial charge in [0.25, 0.3) is 0 Å². The molecule has 9 heteroatoms. The van der Waals surface area contributed by atoms with Crippen molar-refractivity contribution >= 4 is 22.7 Å². The Morgan fingerprint density at radius 3 is 2.13 bits per heavy atom. The molecule has 3 rings (SSSR count). The van der Waals surface area contributed by atoms with Crippen LogP contribution in [0.5, 0.6) is 0 Å². The molecular weight excluding hydrogens is 437 g/mol. The molecule has 0 aliphatic carbocycles. The Hall–Kier alpha value is -1.99. The van der Waals surface area contributed by atoms with E-state index in [0.29, 0.717) is 12.6 Å². The zero-order chi connectivity index (χ0) is 22.4. The van der Waals surface area contributed by atoms with Crippen molar-refractivity contribution in [3.8, 4) is 0 Å². The SMILES string of the molecule is CS(=O)(=O)P(Cc1ccccc1)[C@H]1CC(CO)N(C(=O)OCc2ccccc2)[C@@H]1CO. The van der Waals surface area contributed by atoms with Gasteiger partial charge in [-0.25, -0.2) is 13.2 Å². The summed E-state index contributed by atoms with van der Waals surface area (Å²) in [5.74, 6) is 0. The van der Waals surface area contributed by atoms with Crippen LogP contribution in [0.15, 0.2) is 60.7 Å². The average molecular weight is 466 g/mol. The topological polar surface area (TPSA) is 104 Å². The van der Waals surface area contributed by atoms with Gasteiger partial charge in [-0.1, -0.05) is 60.7 Å². The minimum Gasteiger partial charge on any atom is -0.445 e. The first-order chi connectivity index (χ1) is 14.8.